The van der Waals surface area contributed by atoms with Gasteiger partial charge in [0.05, 0.1) is 0 Å². The lowest BCUT2D eigenvalue weighted by molar-refractivity contribution is 0.620. The van der Waals surface area contributed by atoms with Gasteiger partial charge in [-0.25, -0.2) is 9.97 Å². The van der Waals surface area contributed by atoms with Crippen LogP contribution in [-0.4, -0.2) is 20.2 Å². The third kappa shape index (κ3) is 2.25. The predicted octanol–water partition coefficient (Wildman–Crippen LogP) is 4.24. The molecule has 108 valence electrons. The first-order valence-electron chi connectivity index (χ1n) is 6.75. The molecule has 0 aliphatic rings. The molecule has 0 aliphatic carbocycles. The van der Waals surface area contributed by atoms with Crippen LogP contribution in [0.5, 0.6) is 0 Å². The first-order chi connectivity index (χ1) is 10.7. The van der Waals surface area contributed by atoms with Gasteiger partial charge in [-0.3, -0.25) is 5.10 Å². The van der Waals surface area contributed by atoms with Crippen molar-refractivity contribution in [1.29, 1.82) is 0 Å². The predicted molar refractivity (Wildman–Crippen MR) is 84.6 cm³/mol. The van der Waals surface area contributed by atoms with Crippen molar-refractivity contribution >= 4 is 22.7 Å². The van der Waals surface area contributed by atoms with Gasteiger partial charge in [-0.1, -0.05) is 23.7 Å². The Labute approximate surface area is 131 Å². The smallest absolute Gasteiger partial charge is 0.227 e. The molecule has 0 saturated carbocycles. The maximum absolute atomic E-state index is 5.96. The highest BCUT2D eigenvalue weighted by Crippen LogP contribution is 2.27. The molecule has 0 atom stereocenters. The van der Waals surface area contributed by atoms with E-state index in [0.29, 0.717) is 22.3 Å². The second-order valence-corrected chi connectivity index (χ2v) is 5.39. The quantitative estimate of drug-likeness (QED) is 0.601. The second-order valence-electron chi connectivity index (χ2n) is 4.95. The van der Waals surface area contributed by atoms with E-state index in [1.807, 2.05) is 37.3 Å². The Balaban J connectivity index is 1.72. The van der Waals surface area contributed by atoms with Crippen LogP contribution in [0.4, 0.5) is 0 Å². The van der Waals surface area contributed by atoms with Crippen molar-refractivity contribution < 1.29 is 4.42 Å². The molecule has 0 aliphatic heterocycles. The van der Waals surface area contributed by atoms with Crippen LogP contribution in [0.15, 0.2) is 46.9 Å². The molecular formula is C16H11ClN4O. The van der Waals surface area contributed by atoms with Crippen LogP contribution in [0.3, 0.4) is 0 Å². The topological polar surface area (TPSA) is 67.6 Å². The molecule has 0 fully saturated rings. The molecule has 6 heteroatoms. The zero-order valence-electron chi connectivity index (χ0n) is 11.7. The lowest BCUT2D eigenvalue weighted by Crippen LogP contribution is -1.82. The number of aromatic nitrogens is 4. The molecule has 2 aromatic carbocycles. The van der Waals surface area contributed by atoms with Crippen molar-refractivity contribution in [2.45, 2.75) is 6.92 Å². The fourth-order valence-corrected chi connectivity index (χ4v) is 2.42. The number of halogens is 1. The number of rotatable bonds is 2. The summed E-state index contributed by atoms with van der Waals surface area (Å²) in [6.45, 7) is 1.87. The number of hydrogen-bond donors (Lipinski definition) is 1. The van der Waals surface area contributed by atoms with Crippen LogP contribution < -0.4 is 0 Å². The largest absolute Gasteiger partial charge is 0.436 e. The Hall–Kier alpha value is -2.66. The molecule has 0 radical (unpaired) electrons. The van der Waals surface area contributed by atoms with E-state index >= 15 is 0 Å². The van der Waals surface area contributed by atoms with E-state index in [4.69, 9.17) is 16.0 Å². The first kappa shape index (κ1) is 13.0. The molecule has 2 aromatic heterocycles. The van der Waals surface area contributed by atoms with E-state index in [1.54, 1.807) is 12.1 Å². The summed E-state index contributed by atoms with van der Waals surface area (Å²) in [5, 5.41) is 7.61. The number of hydrogen-bond acceptors (Lipinski definition) is 4. The van der Waals surface area contributed by atoms with Gasteiger partial charge in [-0.05, 0) is 31.2 Å². The van der Waals surface area contributed by atoms with Crippen molar-refractivity contribution in [3.63, 3.8) is 0 Å². The lowest BCUT2D eigenvalue weighted by atomic mass is 10.1. The number of aromatic amines is 1. The minimum absolute atomic E-state index is 0.565. The van der Waals surface area contributed by atoms with Gasteiger partial charge in [0.1, 0.15) is 11.3 Å². The lowest BCUT2D eigenvalue weighted by Gasteiger charge is -1.97. The van der Waals surface area contributed by atoms with Crippen LogP contribution in [0.1, 0.15) is 5.82 Å². The highest BCUT2D eigenvalue weighted by atomic mass is 35.5. The van der Waals surface area contributed by atoms with Crippen molar-refractivity contribution in [2.24, 2.45) is 0 Å². The summed E-state index contributed by atoms with van der Waals surface area (Å²) >= 11 is 5.96. The number of nitrogens with one attached hydrogen (secondary N) is 1. The number of fused-ring (bicyclic) bond motifs is 1. The van der Waals surface area contributed by atoms with E-state index < -0.39 is 0 Å². The highest BCUT2D eigenvalue weighted by Gasteiger charge is 2.10. The molecular weight excluding hydrogens is 300 g/mol. The summed E-state index contributed by atoms with van der Waals surface area (Å²) in [7, 11) is 0. The third-order valence-corrected chi connectivity index (χ3v) is 3.57. The van der Waals surface area contributed by atoms with Crippen molar-refractivity contribution in [3.05, 3.63) is 53.3 Å². The minimum atomic E-state index is 0.565. The average Bonchev–Trinajstić information content (AvgIpc) is 3.13. The fraction of sp³-hybridized carbons (Fsp3) is 0.0625. The van der Waals surface area contributed by atoms with Crippen LogP contribution >= 0.6 is 11.6 Å². The van der Waals surface area contributed by atoms with Gasteiger partial charge in [0.15, 0.2) is 11.4 Å². The average molecular weight is 311 g/mol. The molecule has 2 heterocycles. The van der Waals surface area contributed by atoms with E-state index in [9.17, 15) is 0 Å². The van der Waals surface area contributed by atoms with Crippen molar-refractivity contribution in [1.82, 2.24) is 20.2 Å². The van der Waals surface area contributed by atoms with Crippen molar-refractivity contribution in [2.75, 3.05) is 0 Å². The highest BCUT2D eigenvalue weighted by molar-refractivity contribution is 6.31. The summed E-state index contributed by atoms with van der Waals surface area (Å²) in [5.74, 6) is 2.03. The molecule has 5 nitrogen and oxygen atoms in total. The first-order valence-corrected chi connectivity index (χ1v) is 7.13. The third-order valence-electron chi connectivity index (χ3n) is 3.34. The molecule has 4 rings (SSSR count). The molecule has 0 bridgehead atoms. The Kier molecular flexibility index (Phi) is 2.94. The SMILES string of the molecule is Cc1nc(-c2ccc(-c3nc4ccc(Cl)cc4o3)cc2)n[nH]1. The molecule has 0 saturated heterocycles. The fourth-order valence-electron chi connectivity index (χ4n) is 2.26. The maximum Gasteiger partial charge on any atom is 0.227 e. The zero-order valence-corrected chi connectivity index (χ0v) is 12.4. The zero-order chi connectivity index (χ0) is 15.1. The van der Waals surface area contributed by atoms with Crippen LogP contribution in [0.2, 0.25) is 5.02 Å². The molecule has 0 amide bonds. The van der Waals surface area contributed by atoms with E-state index in [1.165, 1.54) is 0 Å². The van der Waals surface area contributed by atoms with Gasteiger partial charge < -0.3 is 4.42 Å². The summed E-state index contributed by atoms with van der Waals surface area (Å²) in [4.78, 5) is 8.78. The van der Waals surface area contributed by atoms with E-state index in [-0.39, 0.29) is 0 Å². The van der Waals surface area contributed by atoms with E-state index in [2.05, 4.69) is 20.2 Å². The maximum atomic E-state index is 5.96. The monoisotopic (exact) mass is 310 g/mol. The Morgan fingerprint density at radius 1 is 1.00 bits per heavy atom. The summed E-state index contributed by atoms with van der Waals surface area (Å²) in [6, 6.07) is 13.2. The number of nitrogens with zero attached hydrogens (tertiary/aromatic N) is 3. The standard InChI is InChI=1S/C16H11ClN4O/c1-9-18-15(21-20-9)10-2-4-11(5-3-10)16-19-13-7-6-12(17)8-14(13)22-16/h2-8H,1H3,(H,18,20,21). The molecule has 0 spiro atoms. The van der Waals surface area contributed by atoms with Crippen LogP contribution in [0, 0.1) is 6.92 Å². The van der Waals surface area contributed by atoms with Gasteiger partial charge in [-0.2, -0.15) is 5.10 Å². The minimum Gasteiger partial charge on any atom is -0.436 e. The molecule has 22 heavy (non-hydrogen) atoms. The molecule has 4 aromatic rings. The normalized spacial score (nSPS) is 11.2. The number of H-pyrrole nitrogens is 1. The second kappa shape index (κ2) is 4.96. The van der Waals surface area contributed by atoms with Crippen LogP contribution in [-0.2, 0) is 0 Å². The molecule has 1 N–H and O–H groups in total. The number of aryl methyl sites for hydroxylation is 1. The van der Waals surface area contributed by atoms with Gasteiger partial charge in [0.25, 0.3) is 0 Å². The number of oxazole rings is 1. The Morgan fingerprint density at radius 2 is 1.77 bits per heavy atom. The van der Waals surface area contributed by atoms with Gasteiger partial charge in [0.2, 0.25) is 5.89 Å². The van der Waals surface area contributed by atoms with Gasteiger partial charge >= 0.3 is 0 Å². The van der Waals surface area contributed by atoms with Crippen LogP contribution in [0.25, 0.3) is 33.9 Å². The Bertz CT molecular complexity index is 956. The summed E-state index contributed by atoms with van der Waals surface area (Å²) in [5.41, 5.74) is 3.29. The van der Waals surface area contributed by atoms with Crippen molar-refractivity contribution in [3.8, 4) is 22.8 Å². The Morgan fingerprint density at radius 3 is 2.50 bits per heavy atom. The van der Waals surface area contributed by atoms with Gasteiger partial charge in [0, 0.05) is 22.2 Å². The number of benzene rings is 2. The summed E-state index contributed by atoms with van der Waals surface area (Å²) in [6.07, 6.45) is 0. The van der Waals surface area contributed by atoms with Gasteiger partial charge in [-0.15, -0.1) is 0 Å². The van der Waals surface area contributed by atoms with E-state index in [0.717, 1.165) is 22.5 Å². The summed E-state index contributed by atoms with van der Waals surface area (Å²) < 4.78 is 5.75. The molecule has 0 unspecified atom stereocenters.